The molecule has 1 aromatic carbocycles. The van der Waals surface area contributed by atoms with Gasteiger partial charge in [-0.1, -0.05) is 0 Å². The van der Waals surface area contributed by atoms with Crippen LogP contribution >= 0.6 is 0 Å². The van der Waals surface area contributed by atoms with Crippen LogP contribution in [0.5, 0.6) is 0 Å². The van der Waals surface area contributed by atoms with E-state index in [0.29, 0.717) is 11.5 Å². The highest BCUT2D eigenvalue weighted by molar-refractivity contribution is 5.87. The molecule has 0 amide bonds. The van der Waals surface area contributed by atoms with E-state index < -0.39 is 5.97 Å². The first-order valence-electron chi connectivity index (χ1n) is 5.90. The van der Waals surface area contributed by atoms with E-state index in [1.165, 1.54) is 0 Å². The Balaban J connectivity index is 1.84. The van der Waals surface area contributed by atoms with E-state index in [1.807, 2.05) is 12.1 Å². The van der Waals surface area contributed by atoms with Gasteiger partial charge in [0.05, 0.1) is 5.56 Å². The van der Waals surface area contributed by atoms with Gasteiger partial charge in [-0.15, -0.1) is 0 Å². The fourth-order valence-corrected chi connectivity index (χ4v) is 1.94. The van der Waals surface area contributed by atoms with Crippen molar-refractivity contribution in [1.82, 2.24) is 0 Å². The van der Waals surface area contributed by atoms with E-state index in [-0.39, 0.29) is 0 Å². The van der Waals surface area contributed by atoms with Crippen LogP contribution in [0.4, 0.5) is 5.69 Å². The smallest absolute Gasteiger partial charge is 0.335 e. The van der Waals surface area contributed by atoms with Gasteiger partial charge in [-0.25, -0.2) is 4.79 Å². The number of benzene rings is 1. The molecule has 0 spiro atoms. The van der Waals surface area contributed by atoms with Gasteiger partial charge in [0.1, 0.15) is 0 Å². The summed E-state index contributed by atoms with van der Waals surface area (Å²) in [6.45, 7) is 2.63. The van der Waals surface area contributed by atoms with Crippen molar-refractivity contribution >= 4 is 11.7 Å². The molecule has 0 radical (unpaired) electrons. The minimum absolute atomic E-state index is 0.321. The predicted octanol–water partition coefficient (Wildman–Crippen LogP) is 2.22. The van der Waals surface area contributed by atoms with Crippen LogP contribution in [0.3, 0.4) is 0 Å². The lowest BCUT2D eigenvalue weighted by Crippen LogP contribution is -2.22. The molecule has 4 heteroatoms. The van der Waals surface area contributed by atoms with Gasteiger partial charge < -0.3 is 15.2 Å². The van der Waals surface area contributed by atoms with Crippen molar-refractivity contribution in [3.05, 3.63) is 29.8 Å². The molecule has 1 aromatic rings. The summed E-state index contributed by atoms with van der Waals surface area (Å²) in [7, 11) is 0. The number of rotatable bonds is 4. The SMILES string of the molecule is O=C(O)c1ccc(NCC2CCOCC2)cc1. The number of ether oxygens (including phenoxy) is 1. The average Bonchev–Trinajstić information content (AvgIpc) is 2.38. The molecule has 2 N–H and O–H groups in total. The second-order valence-electron chi connectivity index (χ2n) is 4.32. The van der Waals surface area contributed by atoms with Gasteiger partial charge in [-0.2, -0.15) is 0 Å². The Kier molecular flexibility index (Phi) is 3.98. The lowest BCUT2D eigenvalue weighted by atomic mass is 10.0. The first-order valence-corrected chi connectivity index (χ1v) is 5.90. The number of hydrogen-bond donors (Lipinski definition) is 2. The van der Waals surface area contributed by atoms with Crippen LogP contribution in [0.25, 0.3) is 0 Å². The van der Waals surface area contributed by atoms with Crippen molar-refractivity contribution in [1.29, 1.82) is 0 Å². The van der Waals surface area contributed by atoms with Gasteiger partial charge >= 0.3 is 5.97 Å². The summed E-state index contributed by atoms with van der Waals surface area (Å²) in [6, 6.07) is 6.86. The molecule has 0 bridgehead atoms. The molecule has 1 aliphatic rings. The summed E-state index contributed by atoms with van der Waals surface area (Å²) in [6.07, 6.45) is 2.19. The summed E-state index contributed by atoms with van der Waals surface area (Å²) in [5.74, 6) is -0.233. The number of nitrogens with one attached hydrogen (secondary N) is 1. The second-order valence-corrected chi connectivity index (χ2v) is 4.32. The Morgan fingerprint density at radius 3 is 2.53 bits per heavy atom. The number of hydrogen-bond acceptors (Lipinski definition) is 3. The molecule has 92 valence electrons. The minimum Gasteiger partial charge on any atom is -0.478 e. The third-order valence-electron chi connectivity index (χ3n) is 3.07. The van der Waals surface area contributed by atoms with Crippen molar-refractivity contribution in [2.24, 2.45) is 5.92 Å². The Bertz CT molecular complexity index is 369. The highest BCUT2D eigenvalue weighted by atomic mass is 16.5. The molecular formula is C13H17NO3. The molecule has 0 aliphatic carbocycles. The molecule has 17 heavy (non-hydrogen) atoms. The molecule has 2 rings (SSSR count). The van der Waals surface area contributed by atoms with E-state index >= 15 is 0 Å². The largest absolute Gasteiger partial charge is 0.478 e. The molecular weight excluding hydrogens is 218 g/mol. The number of carbonyl (C=O) groups is 1. The van der Waals surface area contributed by atoms with Crippen LogP contribution < -0.4 is 5.32 Å². The molecule has 0 aromatic heterocycles. The van der Waals surface area contributed by atoms with Gasteiger partial charge in [0.15, 0.2) is 0 Å². The molecule has 1 saturated heterocycles. The van der Waals surface area contributed by atoms with Crippen molar-refractivity contribution in [2.75, 3.05) is 25.1 Å². The van der Waals surface area contributed by atoms with Crippen LogP contribution in [-0.4, -0.2) is 30.8 Å². The summed E-state index contributed by atoms with van der Waals surface area (Å²) in [5, 5.41) is 12.1. The third-order valence-corrected chi connectivity index (χ3v) is 3.07. The number of carboxylic acid groups (broad SMARTS) is 1. The third kappa shape index (κ3) is 3.46. The zero-order valence-electron chi connectivity index (χ0n) is 9.69. The Labute approximate surface area is 101 Å². The second kappa shape index (κ2) is 5.68. The summed E-state index contributed by atoms with van der Waals surface area (Å²) >= 11 is 0. The highest BCUT2D eigenvalue weighted by Gasteiger charge is 2.13. The minimum atomic E-state index is -0.888. The Morgan fingerprint density at radius 2 is 1.94 bits per heavy atom. The number of aromatic carboxylic acids is 1. The first kappa shape index (κ1) is 11.9. The van der Waals surface area contributed by atoms with Gasteiger partial charge in [-0.3, -0.25) is 0 Å². The lowest BCUT2D eigenvalue weighted by Gasteiger charge is -2.22. The maximum Gasteiger partial charge on any atom is 0.335 e. The molecule has 0 atom stereocenters. The van der Waals surface area contributed by atoms with E-state index in [1.54, 1.807) is 12.1 Å². The van der Waals surface area contributed by atoms with Gasteiger partial charge in [0, 0.05) is 25.4 Å². The van der Waals surface area contributed by atoms with Crippen LogP contribution in [-0.2, 0) is 4.74 Å². The first-order chi connectivity index (χ1) is 8.25. The molecule has 1 aliphatic heterocycles. The van der Waals surface area contributed by atoms with Gasteiger partial charge in [0.2, 0.25) is 0 Å². The summed E-state index contributed by atoms with van der Waals surface area (Å²) < 4.78 is 5.30. The van der Waals surface area contributed by atoms with Gasteiger partial charge in [0.25, 0.3) is 0 Å². The van der Waals surface area contributed by atoms with E-state index in [0.717, 1.165) is 38.3 Å². The van der Waals surface area contributed by atoms with Crippen molar-refractivity contribution in [3.8, 4) is 0 Å². The molecule has 4 nitrogen and oxygen atoms in total. The highest BCUT2D eigenvalue weighted by Crippen LogP contribution is 2.16. The zero-order chi connectivity index (χ0) is 12.1. The fourth-order valence-electron chi connectivity index (χ4n) is 1.94. The monoisotopic (exact) mass is 235 g/mol. The standard InChI is InChI=1S/C13H17NO3/c15-13(16)11-1-3-12(4-2-11)14-9-10-5-7-17-8-6-10/h1-4,10,14H,5-9H2,(H,15,16). The number of anilines is 1. The van der Waals surface area contributed by atoms with Crippen molar-refractivity contribution in [3.63, 3.8) is 0 Å². The van der Waals surface area contributed by atoms with Crippen LogP contribution in [0.1, 0.15) is 23.2 Å². The number of carboxylic acids is 1. The Morgan fingerprint density at radius 1 is 1.29 bits per heavy atom. The fraction of sp³-hybridized carbons (Fsp3) is 0.462. The van der Waals surface area contributed by atoms with Gasteiger partial charge in [-0.05, 0) is 43.0 Å². The molecule has 0 saturated carbocycles. The maximum atomic E-state index is 10.7. The van der Waals surface area contributed by atoms with E-state index in [2.05, 4.69) is 5.32 Å². The maximum absolute atomic E-state index is 10.7. The summed E-state index contributed by atoms with van der Waals surface area (Å²) in [5.41, 5.74) is 1.29. The quantitative estimate of drug-likeness (QED) is 0.840. The van der Waals surface area contributed by atoms with Crippen LogP contribution in [0.2, 0.25) is 0 Å². The lowest BCUT2D eigenvalue weighted by molar-refractivity contribution is 0.0694. The molecule has 1 heterocycles. The average molecular weight is 235 g/mol. The Hall–Kier alpha value is -1.55. The zero-order valence-corrected chi connectivity index (χ0v) is 9.69. The van der Waals surface area contributed by atoms with Crippen molar-refractivity contribution in [2.45, 2.75) is 12.8 Å². The van der Waals surface area contributed by atoms with Crippen LogP contribution in [0, 0.1) is 5.92 Å². The van der Waals surface area contributed by atoms with E-state index in [9.17, 15) is 4.79 Å². The van der Waals surface area contributed by atoms with Crippen LogP contribution in [0.15, 0.2) is 24.3 Å². The topological polar surface area (TPSA) is 58.6 Å². The predicted molar refractivity (Wildman–Crippen MR) is 65.4 cm³/mol. The van der Waals surface area contributed by atoms with E-state index in [4.69, 9.17) is 9.84 Å². The normalized spacial score (nSPS) is 16.7. The van der Waals surface area contributed by atoms with Crippen molar-refractivity contribution < 1.29 is 14.6 Å². The molecule has 0 unspecified atom stereocenters. The molecule has 1 fully saturated rings. The summed E-state index contributed by atoms with van der Waals surface area (Å²) in [4.78, 5) is 10.7.